The van der Waals surface area contributed by atoms with Crippen LogP contribution in [0, 0.1) is 0 Å². The second-order valence-corrected chi connectivity index (χ2v) is 10.0. The van der Waals surface area contributed by atoms with E-state index >= 15 is 0 Å². The van der Waals surface area contributed by atoms with Crippen molar-refractivity contribution in [2.45, 2.75) is 25.8 Å². The number of hydrogen-bond donors (Lipinski definition) is 2. The molecule has 0 bridgehead atoms. The lowest BCUT2D eigenvalue weighted by Crippen LogP contribution is -2.47. The summed E-state index contributed by atoms with van der Waals surface area (Å²) >= 11 is 4.70. The third-order valence-electron chi connectivity index (χ3n) is 4.30. The Morgan fingerprint density at radius 1 is 0.964 bits per heavy atom. The normalized spacial score (nSPS) is 29.0. The van der Waals surface area contributed by atoms with Crippen molar-refractivity contribution in [2.24, 2.45) is 0 Å². The van der Waals surface area contributed by atoms with E-state index in [1.165, 1.54) is 17.8 Å². The standard InChI is InChI=1S/C22H20O3S3/c23-17-11-12-20(24)22(15-17,28-19-9-5-2-6-10-19)25-21(13-14-26-16-21)27-18-7-3-1-4-8-18/h1-15,20,23-24H,16H2. The summed E-state index contributed by atoms with van der Waals surface area (Å²) in [6.07, 6.45) is 5.84. The molecule has 28 heavy (non-hydrogen) atoms. The van der Waals surface area contributed by atoms with E-state index in [0.717, 1.165) is 9.79 Å². The van der Waals surface area contributed by atoms with E-state index in [1.54, 1.807) is 35.7 Å². The molecule has 0 radical (unpaired) electrons. The van der Waals surface area contributed by atoms with Crippen molar-refractivity contribution >= 4 is 35.3 Å². The molecular weight excluding hydrogens is 408 g/mol. The number of aliphatic hydroxyl groups excluding tert-OH is 2. The van der Waals surface area contributed by atoms with Gasteiger partial charge in [0.05, 0.1) is 0 Å². The van der Waals surface area contributed by atoms with E-state index in [0.29, 0.717) is 5.75 Å². The van der Waals surface area contributed by atoms with Crippen LogP contribution in [0.15, 0.2) is 106 Å². The molecule has 0 fully saturated rings. The lowest BCUT2D eigenvalue weighted by Gasteiger charge is -2.41. The number of thioether (sulfide) groups is 3. The van der Waals surface area contributed by atoms with Gasteiger partial charge in [-0.3, -0.25) is 0 Å². The lowest BCUT2D eigenvalue weighted by molar-refractivity contribution is -0.0489. The van der Waals surface area contributed by atoms with Gasteiger partial charge in [0.15, 0.2) is 4.93 Å². The minimum absolute atomic E-state index is 0.0863. The van der Waals surface area contributed by atoms with E-state index in [9.17, 15) is 10.2 Å². The van der Waals surface area contributed by atoms with E-state index in [4.69, 9.17) is 4.74 Å². The first kappa shape index (κ1) is 19.7. The van der Waals surface area contributed by atoms with Gasteiger partial charge in [-0.15, -0.1) is 11.8 Å². The van der Waals surface area contributed by atoms with E-state index in [-0.39, 0.29) is 5.76 Å². The summed E-state index contributed by atoms with van der Waals surface area (Å²) in [4.78, 5) is 0.243. The predicted octanol–water partition coefficient (Wildman–Crippen LogP) is 5.61. The van der Waals surface area contributed by atoms with Crippen LogP contribution in [0.25, 0.3) is 0 Å². The van der Waals surface area contributed by atoms with Crippen LogP contribution >= 0.6 is 35.3 Å². The molecule has 4 rings (SSSR count). The molecule has 2 aromatic rings. The Hall–Kier alpha value is -1.57. The molecule has 0 saturated heterocycles. The van der Waals surface area contributed by atoms with Crippen LogP contribution in [-0.4, -0.2) is 31.9 Å². The van der Waals surface area contributed by atoms with Gasteiger partial charge in [0, 0.05) is 21.6 Å². The molecule has 3 unspecified atom stereocenters. The zero-order valence-electron chi connectivity index (χ0n) is 15.0. The number of aliphatic hydroxyl groups is 2. The molecule has 1 aliphatic carbocycles. The summed E-state index contributed by atoms with van der Waals surface area (Å²) < 4.78 is 6.70. The molecule has 3 atom stereocenters. The van der Waals surface area contributed by atoms with Gasteiger partial charge >= 0.3 is 0 Å². The van der Waals surface area contributed by atoms with Crippen molar-refractivity contribution in [3.8, 4) is 0 Å². The molecule has 144 valence electrons. The number of allylic oxidation sites excluding steroid dienone is 1. The zero-order valence-corrected chi connectivity index (χ0v) is 17.4. The van der Waals surface area contributed by atoms with Crippen LogP contribution < -0.4 is 0 Å². The van der Waals surface area contributed by atoms with Gasteiger partial charge in [0.1, 0.15) is 16.8 Å². The molecule has 0 aromatic heterocycles. The first-order valence-corrected chi connectivity index (χ1v) is 11.5. The molecule has 1 heterocycles. The molecule has 2 aliphatic rings. The Morgan fingerprint density at radius 2 is 1.61 bits per heavy atom. The maximum Gasteiger partial charge on any atom is 0.172 e. The third-order valence-corrected chi connectivity index (χ3v) is 7.89. The fourth-order valence-electron chi connectivity index (χ4n) is 3.01. The summed E-state index contributed by atoms with van der Waals surface area (Å²) in [7, 11) is 0. The van der Waals surface area contributed by atoms with Gasteiger partial charge in [-0.25, -0.2) is 0 Å². The number of rotatable bonds is 6. The molecule has 0 amide bonds. The van der Waals surface area contributed by atoms with Crippen LogP contribution in [0.5, 0.6) is 0 Å². The van der Waals surface area contributed by atoms with Gasteiger partial charge in [-0.05, 0) is 47.9 Å². The fourth-order valence-corrected chi connectivity index (χ4v) is 6.62. The first-order chi connectivity index (χ1) is 13.6. The molecular formula is C22H20O3S3. The fraction of sp³-hybridized carbons (Fsp3) is 0.182. The number of benzene rings is 2. The Labute approximate surface area is 177 Å². The second kappa shape index (κ2) is 8.43. The quantitative estimate of drug-likeness (QED) is 0.583. The van der Waals surface area contributed by atoms with Crippen molar-refractivity contribution in [1.82, 2.24) is 0 Å². The summed E-state index contributed by atoms with van der Waals surface area (Å²) in [5.74, 6) is 0.803. The van der Waals surface area contributed by atoms with Crippen LogP contribution in [0.3, 0.4) is 0 Å². The smallest absolute Gasteiger partial charge is 0.172 e. The van der Waals surface area contributed by atoms with E-state index in [1.807, 2.05) is 72.1 Å². The van der Waals surface area contributed by atoms with Crippen molar-refractivity contribution in [3.05, 3.63) is 96.1 Å². The van der Waals surface area contributed by atoms with Gasteiger partial charge in [0.2, 0.25) is 0 Å². The van der Waals surface area contributed by atoms with E-state index in [2.05, 4.69) is 0 Å². The summed E-state index contributed by atoms with van der Waals surface area (Å²) in [5.41, 5.74) is 0. The van der Waals surface area contributed by atoms with Crippen molar-refractivity contribution in [1.29, 1.82) is 0 Å². The average Bonchev–Trinajstić information content (AvgIpc) is 3.14. The highest BCUT2D eigenvalue weighted by Gasteiger charge is 2.47. The second-order valence-electron chi connectivity index (χ2n) is 6.45. The summed E-state index contributed by atoms with van der Waals surface area (Å²) in [6, 6.07) is 19.9. The summed E-state index contributed by atoms with van der Waals surface area (Å²) in [6.45, 7) is 0. The molecule has 0 spiro atoms. The average molecular weight is 429 g/mol. The van der Waals surface area contributed by atoms with Crippen molar-refractivity contribution in [3.63, 3.8) is 0 Å². The highest BCUT2D eigenvalue weighted by atomic mass is 32.2. The Kier molecular flexibility index (Phi) is 5.94. The van der Waals surface area contributed by atoms with Gasteiger partial charge in [-0.2, -0.15) is 0 Å². The molecule has 2 aromatic carbocycles. The zero-order chi connectivity index (χ0) is 19.5. The Morgan fingerprint density at radius 3 is 2.21 bits per heavy atom. The first-order valence-electron chi connectivity index (χ1n) is 8.85. The Bertz CT molecular complexity index is 898. The van der Waals surface area contributed by atoms with E-state index < -0.39 is 16.0 Å². The van der Waals surface area contributed by atoms with Crippen LogP contribution in [-0.2, 0) is 4.74 Å². The monoisotopic (exact) mass is 428 g/mol. The number of hydrogen-bond acceptors (Lipinski definition) is 6. The van der Waals surface area contributed by atoms with Crippen LogP contribution in [0.2, 0.25) is 0 Å². The minimum Gasteiger partial charge on any atom is -0.508 e. The minimum atomic E-state index is -1.14. The van der Waals surface area contributed by atoms with Crippen molar-refractivity contribution in [2.75, 3.05) is 5.75 Å². The number of ether oxygens (including phenoxy) is 1. The molecule has 0 saturated carbocycles. The summed E-state index contributed by atoms with van der Waals surface area (Å²) in [5, 5.41) is 23.2. The van der Waals surface area contributed by atoms with Crippen molar-refractivity contribution < 1.29 is 14.9 Å². The maximum absolute atomic E-state index is 10.9. The van der Waals surface area contributed by atoms with Crippen LogP contribution in [0.4, 0.5) is 0 Å². The highest BCUT2D eigenvalue weighted by Crippen LogP contribution is 2.50. The predicted molar refractivity (Wildman–Crippen MR) is 119 cm³/mol. The molecule has 2 N–H and O–H groups in total. The largest absolute Gasteiger partial charge is 0.508 e. The van der Waals surface area contributed by atoms with Crippen LogP contribution in [0.1, 0.15) is 0 Å². The SMILES string of the molecule is OC1=CC(OC2(Sc3ccccc3)C=CSC2)(Sc2ccccc2)C(O)C=C1. The molecule has 3 nitrogen and oxygen atoms in total. The lowest BCUT2D eigenvalue weighted by atomic mass is 10.1. The van der Waals surface area contributed by atoms with Gasteiger partial charge in [-0.1, -0.05) is 59.9 Å². The van der Waals surface area contributed by atoms with Gasteiger partial charge in [0.25, 0.3) is 0 Å². The molecule has 6 heteroatoms. The highest BCUT2D eigenvalue weighted by molar-refractivity contribution is 8.06. The topological polar surface area (TPSA) is 49.7 Å². The molecule has 1 aliphatic heterocycles. The third kappa shape index (κ3) is 4.36. The maximum atomic E-state index is 10.9. The van der Waals surface area contributed by atoms with Gasteiger partial charge < -0.3 is 14.9 Å². The Balaban J connectivity index is 1.70.